The van der Waals surface area contributed by atoms with E-state index < -0.39 is 17.9 Å². The van der Waals surface area contributed by atoms with E-state index in [2.05, 4.69) is 21.2 Å². The van der Waals surface area contributed by atoms with E-state index >= 15 is 0 Å². The zero-order chi connectivity index (χ0) is 24.7. The molecule has 0 fully saturated rings. The second kappa shape index (κ2) is 11.1. The largest absolute Gasteiger partial charge is 0.508 e. The van der Waals surface area contributed by atoms with Crippen LogP contribution in [0.5, 0.6) is 17.2 Å². The van der Waals surface area contributed by atoms with Crippen molar-refractivity contribution >= 4 is 35.4 Å². The van der Waals surface area contributed by atoms with Crippen LogP contribution in [0, 0.1) is 0 Å². The van der Waals surface area contributed by atoms with Gasteiger partial charge in [0.25, 0.3) is 5.91 Å². The third kappa shape index (κ3) is 6.01. The van der Waals surface area contributed by atoms with Crippen LogP contribution in [0.15, 0.2) is 58.8 Å². The van der Waals surface area contributed by atoms with E-state index in [9.17, 15) is 19.8 Å². The number of nitrogens with zero attached hydrogens (tertiary/aromatic N) is 1. The summed E-state index contributed by atoms with van der Waals surface area (Å²) in [5.41, 5.74) is 4.13. The summed E-state index contributed by atoms with van der Waals surface area (Å²) in [5.74, 6) is -0.945. The van der Waals surface area contributed by atoms with Crippen molar-refractivity contribution < 1.29 is 29.3 Å². The Morgan fingerprint density at radius 1 is 1.24 bits per heavy atom. The topological polar surface area (TPSA) is 142 Å². The van der Waals surface area contributed by atoms with E-state index in [0.29, 0.717) is 33.3 Å². The second-order valence-corrected chi connectivity index (χ2v) is 7.56. The number of phenols is 2. The average Bonchev–Trinajstić information content (AvgIpc) is 2.79. The van der Waals surface area contributed by atoms with E-state index in [0.717, 1.165) is 6.07 Å². The molecule has 0 radical (unpaired) electrons. The van der Waals surface area contributed by atoms with E-state index in [4.69, 9.17) is 21.7 Å². The van der Waals surface area contributed by atoms with Crippen LogP contribution in [0.4, 0.5) is 0 Å². The smallest absolute Gasteiger partial charge is 0.338 e. The Morgan fingerprint density at radius 3 is 2.74 bits per heavy atom. The number of aromatic hydroxyl groups is 2. The third-order valence-electron chi connectivity index (χ3n) is 4.76. The van der Waals surface area contributed by atoms with Crippen LogP contribution < -0.4 is 20.8 Å². The first-order valence-corrected chi connectivity index (χ1v) is 10.7. The molecule has 3 rings (SSSR count). The summed E-state index contributed by atoms with van der Waals surface area (Å²) in [5, 5.41) is 29.2. The van der Waals surface area contributed by atoms with Crippen molar-refractivity contribution in [3.05, 3.63) is 64.9 Å². The van der Waals surface area contributed by atoms with Gasteiger partial charge in [-0.15, -0.1) is 0 Å². The van der Waals surface area contributed by atoms with Gasteiger partial charge >= 0.3 is 5.97 Å². The monoisotopic (exact) mass is 484 g/mol. The lowest BCUT2D eigenvalue weighted by Crippen LogP contribution is -2.45. The minimum absolute atomic E-state index is 0.0918. The first kappa shape index (κ1) is 24.5. The number of thiocarbonyl (C=S) groups is 1. The Hall–Kier alpha value is -4.12. The number of phenolic OH excluding ortho intramolecular Hbond substituents is 2. The van der Waals surface area contributed by atoms with Crippen LogP contribution in [0.25, 0.3) is 0 Å². The third-order valence-corrected chi connectivity index (χ3v) is 4.98. The van der Waals surface area contributed by atoms with Crippen molar-refractivity contribution in [2.24, 2.45) is 5.10 Å². The maximum Gasteiger partial charge on any atom is 0.338 e. The number of ether oxygens (including phenoxy) is 2. The predicted molar refractivity (Wildman–Crippen MR) is 128 cm³/mol. The standard InChI is InChI=1S/C23H24N4O6S/c1-3-32-22(31)20-13(2)25-23(34)26-21(20)16-6-4-5-7-18(16)33-12-19(30)27-24-11-14-8-9-15(28)10-17(14)29/h4-11,21,28-29H,3,12H2,1-2H3,(H,27,30)(H2,25,26,34)/t21-/m1/s1. The Kier molecular flexibility index (Phi) is 8.04. The molecule has 1 atom stereocenters. The fraction of sp³-hybridized carbons (Fsp3) is 0.217. The molecule has 2 aromatic rings. The summed E-state index contributed by atoms with van der Waals surface area (Å²) in [6.45, 7) is 3.31. The molecule has 0 saturated carbocycles. The van der Waals surface area contributed by atoms with Crippen LogP contribution in [0.1, 0.15) is 31.0 Å². The first-order chi connectivity index (χ1) is 16.3. The van der Waals surface area contributed by atoms with E-state index in [1.54, 1.807) is 38.1 Å². The predicted octanol–water partition coefficient (Wildman–Crippen LogP) is 1.98. The number of carbonyl (C=O) groups excluding carboxylic acids is 2. The highest BCUT2D eigenvalue weighted by molar-refractivity contribution is 7.80. The van der Waals surface area contributed by atoms with Gasteiger partial charge in [0, 0.05) is 22.9 Å². The van der Waals surface area contributed by atoms with Gasteiger partial charge in [0.2, 0.25) is 0 Å². The van der Waals surface area contributed by atoms with Gasteiger partial charge in [0.05, 0.1) is 24.4 Å². The van der Waals surface area contributed by atoms with Gasteiger partial charge in [-0.25, -0.2) is 10.2 Å². The maximum absolute atomic E-state index is 12.6. The molecule has 0 aliphatic carbocycles. The number of allylic oxidation sites excluding steroid dienone is 1. The number of para-hydroxylation sites is 1. The highest BCUT2D eigenvalue weighted by Gasteiger charge is 2.32. The molecular formula is C23H24N4O6S. The second-order valence-electron chi connectivity index (χ2n) is 7.15. The summed E-state index contributed by atoms with van der Waals surface area (Å²) in [6.07, 6.45) is 1.24. The highest BCUT2D eigenvalue weighted by Crippen LogP contribution is 2.33. The number of hydrogen-bond acceptors (Lipinski definition) is 8. The SMILES string of the molecule is CCOC(=O)C1=C(C)NC(=S)N[C@@H]1c1ccccc1OCC(=O)NN=Cc1ccc(O)cc1O. The normalized spacial score (nSPS) is 15.5. The van der Waals surface area contributed by atoms with Crippen LogP contribution in [0.3, 0.4) is 0 Å². The molecule has 0 spiro atoms. The fourth-order valence-electron chi connectivity index (χ4n) is 3.25. The van der Waals surface area contributed by atoms with E-state index in [1.807, 2.05) is 0 Å². The first-order valence-electron chi connectivity index (χ1n) is 10.3. The maximum atomic E-state index is 12.6. The van der Waals surface area contributed by atoms with Crippen molar-refractivity contribution in [2.75, 3.05) is 13.2 Å². The highest BCUT2D eigenvalue weighted by atomic mass is 32.1. The number of hydrogen-bond donors (Lipinski definition) is 5. The van der Waals surface area contributed by atoms with Crippen molar-refractivity contribution in [3.8, 4) is 17.2 Å². The Bertz CT molecular complexity index is 1160. The van der Waals surface area contributed by atoms with Gasteiger partial charge in [-0.2, -0.15) is 5.10 Å². The van der Waals surface area contributed by atoms with Crippen LogP contribution >= 0.6 is 12.2 Å². The molecule has 1 amide bonds. The average molecular weight is 485 g/mol. The number of benzene rings is 2. The Balaban J connectivity index is 1.72. The summed E-state index contributed by atoms with van der Waals surface area (Å²) >= 11 is 5.26. The molecule has 34 heavy (non-hydrogen) atoms. The zero-order valence-electron chi connectivity index (χ0n) is 18.5. The molecule has 1 heterocycles. The number of carbonyl (C=O) groups is 2. The summed E-state index contributed by atoms with van der Waals surface area (Å²) < 4.78 is 10.9. The lowest BCUT2D eigenvalue weighted by atomic mass is 9.95. The quantitative estimate of drug-likeness (QED) is 0.165. The molecule has 11 heteroatoms. The molecule has 0 bridgehead atoms. The minimum atomic E-state index is -0.637. The number of hydrazone groups is 1. The van der Waals surface area contributed by atoms with Gasteiger partial charge in [-0.1, -0.05) is 18.2 Å². The number of nitrogens with one attached hydrogen (secondary N) is 3. The van der Waals surface area contributed by atoms with Crippen molar-refractivity contribution in [2.45, 2.75) is 19.9 Å². The molecule has 0 unspecified atom stereocenters. The molecule has 5 N–H and O–H groups in total. The van der Waals surface area contributed by atoms with Crippen LogP contribution in [-0.2, 0) is 14.3 Å². The number of rotatable bonds is 8. The lowest BCUT2D eigenvalue weighted by Gasteiger charge is -2.30. The zero-order valence-corrected chi connectivity index (χ0v) is 19.3. The molecule has 0 aromatic heterocycles. The van der Waals surface area contributed by atoms with Gasteiger partial charge in [0.15, 0.2) is 11.7 Å². The van der Waals surface area contributed by atoms with Gasteiger partial charge in [-0.3, -0.25) is 4.79 Å². The van der Waals surface area contributed by atoms with Gasteiger partial charge in [-0.05, 0) is 44.3 Å². The Labute approximate surface area is 201 Å². The van der Waals surface area contributed by atoms with E-state index in [-0.39, 0.29) is 24.7 Å². The molecule has 1 aliphatic rings. The Morgan fingerprint density at radius 2 is 2.00 bits per heavy atom. The molecule has 1 aliphatic heterocycles. The van der Waals surface area contributed by atoms with E-state index in [1.165, 1.54) is 18.3 Å². The van der Waals surface area contributed by atoms with Crippen LogP contribution in [-0.4, -0.2) is 46.6 Å². The minimum Gasteiger partial charge on any atom is -0.508 e. The van der Waals surface area contributed by atoms with Gasteiger partial charge < -0.3 is 30.3 Å². The van der Waals surface area contributed by atoms with Crippen LogP contribution in [0.2, 0.25) is 0 Å². The molecule has 178 valence electrons. The molecular weight excluding hydrogens is 460 g/mol. The lowest BCUT2D eigenvalue weighted by molar-refractivity contribution is -0.139. The van der Waals surface area contributed by atoms with Crippen molar-refractivity contribution in [1.29, 1.82) is 0 Å². The summed E-state index contributed by atoms with van der Waals surface area (Å²) in [6, 6.07) is 10.3. The number of esters is 1. The molecule has 10 nitrogen and oxygen atoms in total. The van der Waals surface area contributed by atoms with Gasteiger partial charge in [0.1, 0.15) is 17.2 Å². The fourth-order valence-corrected chi connectivity index (χ4v) is 3.52. The number of amides is 1. The summed E-state index contributed by atoms with van der Waals surface area (Å²) in [4.78, 5) is 24.8. The van der Waals surface area contributed by atoms with Crippen molar-refractivity contribution in [3.63, 3.8) is 0 Å². The van der Waals surface area contributed by atoms with Crippen molar-refractivity contribution in [1.82, 2.24) is 16.1 Å². The molecule has 0 saturated heterocycles. The summed E-state index contributed by atoms with van der Waals surface area (Å²) in [7, 11) is 0. The molecule has 2 aromatic carbocycles.